The molecule has 1 fully saturated rings. The maximum absolute atomic E-state index is 12.5. The molecule has 0 aliphatic carbocycles. The lowest BCUT2D eigenvalue weighted by Crippen LogP contribution is -2.45. The smallest absolute Gasteiger partial charge is 0.313 e. The second kappa shape index (κ2) is 9.90. The zero-order chi connectivity index (χ0) is 22.7. The Kier molecular flexibility index (Phi) is 6.98. The lowest BCUT2D eigenvalue weighted by atomic mass is 10.0. The summed E-state index contributed by atoms with van der Waals surface area (Å²) in [6, 6.07) is 11.7. The number of hydrogen-bond donors (Lipinski definition) is 2. The first-order chi connectivity index (χ1) is 15.4. The summed E-state index contributed by atoms with van der Waals surface area (Å²) in [5.74, 6) is -1.37. The Balaban J connectivity index is 1.44. The second-order valence-electron chi connectivity index (χ2n) is 8.35. The fourth-order valence-electron chi connectivity index (χ4n) is 4.27. The van der Waals surface area contributed by atoms with Gasteiger partial charge in [-0.3, -0.25) is 14.5 Å². The van der Waals surface area contributed by atoms with E-state index >= 15 is 0 Å². The molecule has 0 unspecified atom stereocenters. The Labute approximate surface area is 193 Å². The monoisotopic (exact) mass is 456 g/mol. The number of nitrogens with one attached hydrogen (secondary N) is 2. The van der Waals surface area contributed by atoms with Gasteiger partial charge in [0.1, 0.15) is 0 Å². The molecular weight excluding hydrogens is 428 g/mol. The van der Waals surface area contributed by atoms with Crippen LogP contribution in [0.4, 0.5) is 11.4 Å². The molecule has 4 rings (SSSR count). The van der Waals surface area contributed by atoms with Crippen molar-refractivity contribution >= 4 is 34.8 Å². The Morgan fingerprint density at radius 1 is 1.09 bits per heavy atom. The maximum atomic E-state index is 12.5. The molecule has 2 aliphatic heterocycles. The van der Waals surface area contributed by atoms with Crippen molar-refractivity contribution in [2.75, 3.05) is 56.7 Å². The van der Waals surface area contributed by atoms with E-state index in [-0.39, 0.29) is 6.04 Å². The minimum Gasteiger partial charge on any atom is -0.379 e. The van der Waals surface area contributed by atoms with Gasteiger partial charge in [0.2, 0.25) is 0 Å². The molecule has 2 aliphatic rings. The fourth-order valence-corrected chi connectivity index (χ4v) is 4.45. The molecule has 1 saturated heterocycles. The highest BCUT2D eigenvalue weighted by Crippen LogP contribution is 2.31. The number of ether oxygens (including phenoxy) is 1. The average Bonchev–Trinajstić information content (AvgIpc) is 3.17. The minimum atomic E-state index is -0.707. The first kappa shape index (κ1) is 22.6. The number of rotatable bonds is 5. The van der Waals surface area contributed by atoms with Crippen molar-refractivity contribution in [3.63, 3.8) is 0 Å². The molecule has 170 valence electrons. The quantitative estimate of drug-likeness (QED) is 0.677. The number of aryl methyl sites for hydroxylation is 1. The van der Waals surface area contributed by atoms with E-state index in [1.807, 2.05) is 6.92 Å². The predicted molar refractivity (Wildman–Crippen MR) is 126 cm³/mol. The number of nitrogens with zero attached hydrogens (tertiary/aromatic N) is 2. The number of hydrogen-bond acceptors (Lipinski definition) is 5. The van der Waals surface area contributed by atoms with Gasteiger partial charge in [-0.05, 0) is 48.2 Å². The van der Waals surface area contributed by atoms with Gasteiger partial charge in [-0.15, -0.1) is 0 Å². The van der Waals surface area contributed by atoms with Crippen molar-refractivity contribution in [2.24, 2.45) is 0 Å². The zero-order valence-corrected chi connectivity index (χ0v) is 19.2. The third-order valence-electron chi connectivity index (χ3n) is 6.19. The molecule has 7 nitrogen and oxygen atoms in total. The molecule has 2 aromatic rings. The van der Waals surface area contributed by atoms with E-state index in [2.05, 4.69) is 45.7 Å². The normalized spacial score (nSPS) is 17.0. The molecule has 8 heteroatoms. The van der Waals surface area contributed by atoms with Crippen LogP contribution in [-0.4, -0.2) is 63.2 Å². The molecule has 2 heterocycles. The van der Waals surface area contributed by atoms with Crippen LogP contribution in [0.3, 0.4) is 0 Å². The van der Waals surface area contributed by atoms with Gasteiger partial charge in [-0.2, -0.15) is 0 Å². The lowest BCUT2D eigenvalue weighted by Gasteiger charge is -2.35. The van der Waals surface area contributed by atoms with E-state index in [1.165, 1.54) is 11.3 Å². The van der Waals surface area contributed by atoms with E-state index in [4.69, 9.17) is 16.3 Å². The summed E-state index contributed by atoms with van der Waals surface area (Å²) in [6.07, 6.45) is 1.02. The largest absolute Gasteiger partial charge is 0.379 e. The van der Waals surface area contributed by atoms with Gasteiger partial charge in [0.25, 0.3) is 0 Å². The molecule has 0 bridgehead atoms. The van der Waals surface area contributed by atoms with Gasteiger partial charge in [-0.1, -0.05) is 29.8 Å². The van der Waals surface area contributed by atoms with Gasteiger partial charge in [0, 0.05) is 49.6 Å². The molecule has 0 saturated carbocycles. The standard InChI is InChI=1S/C24H29ClN4O3/c1-16-3-5-19(14-20(16)25)27-24(31)23(30)26-15-22(29-9-11-32-12-10-29)17-4-6-21-18(13-17)7-8-28(21)2/h3-6,13-14,22H,7-12,15H2,1-2H3,(H,26,30)(H,27,31)/t22-/m0/s1. The topological polar surface area (TPSA) is 73.9 Å². The number of halogens is 1. The number of amides is 2. The van der Waals surface area contributed by atoms with Crippen LogP contribution >= 0.6 is 11.6 Å². The van der Waals surface area contributed by atoms with Gasteiger partial charge in [-0.25, -0.2) is 0 Å². The van der Waals surface area contributed by atoms with E-state index in [0.717, 1.165) is 37.2 Å². The van der Waals surface area contributed by atoms with Crippen LogP contribution in [0.5, 0.6) is 0 Å². The van der Waals surface area contributed by atoms with Crippen molar-refractivity contribution in [2.45, 2.75) is 19.4 Å². The number of anilines is 2. The summed E-state index contributed by atoms with van der Waals surface area (Å²) < 4.78 is 5.51. The van der Waals surface area contributed by atoms with Crippen molar-refractivity contribution < 1.29 is 14.3 Å². The summed E-state index contributed by atoms with van der Waals surface area (Å²) >= 11 is 6.11. The van der Waals surface area contributed by atoms with Crippen LogP contribution in [0.15, 0.2) is 36.4 Å². The molecule has 0 radical (unpaired) electrons. The molecule has 0 spiro atoms. The SMILES string of the molecule is Cc1ccc(NC(=O)C(=O)NC[C@@H](c2ccc3c(c2)CCN3C)N2CCOCC2)cc1Cl. The number of likely N-dealkylation sites (N-methyl/N-ethyl adjacent to an activating group) is 1. The maximum Gasteiger partial charge on any atom is 0.313 e. The van der Waals surface area contributed by atoms with Crippen LogP contribution in [0.1, 0.15) is 22.7 Å². The van der Waals surface area contributed by atoms with Gasteiger partial charge in [0.05, 0.1) is 19.3 Å². The van der Waals surface area contributed by atoms with Gasteiger partial charge < -0.3 is 20.3 Å². The Morgan fingerprint density at radius 3 is 2.62 bits per heavy atom. The molecule has 2 aromatic carbocycles. The lowest BCUT2D eigenvalue weighted by molar-refractivity contribution is -0.136. The molecule has 0 aromatic heterocycles. The Hall–Kier alpha value is -2.61. The van der Waals surface area contributed by atoms with Gasteiger partial charge in [0.15, 0.2) is 0 Å². The third-order valence-corrected chi connectivity index (χ3v) is 6.60. The number of benzene rings is 2. The summed E-state index contributed by atoms with van der Waals surface area (Å²) in [5, 5.41) is 5.98. The van der Waals surface area contributed by atoms with Crippen LogP contribution < -0.4 is 15.5 Å². The summed E-state index contributed by atoms with van der Waals surface area (Å²) in [7, 11) is 2.10. The zero-order valence-electron chi connectivity index (χ0n) is 18.5. The molecule has 1 atom stereocenters. The fraction of sp³-hybridized carbons (Fsp3) is 0.417. The first-order valence-corrected chi connectivity index (χ1v) is 11.3. The number of carbonyl (C=O) groups is 2. The molecule has 2 amide bonds. The molecule has 32 heavy (non-hydrogen) atoms. The molecule has 2 N–H and O–H groups in total. The minimum absolute atomic E-state index is 0.0272. The number of morpholine rings is 1. The van der Waals surface area contributed by atoms with E-state index in [0.29, 0.717) is 30.5 Å². The number of fused-ring (bicyclic) bond motifs is 1. The van der Waals surface area contributed by atoms with Crippen LogP contribution in [0.2, 0.25) is 5.02 Å². The first-order valence-electron chi connectivity index (χ1n) is 10.9. The highest BCUT2D eigenvalue weighted by atomic mass is 35.5. The van der Waals surface area contributed by atoms with Crippen molar-refractivity contribution in [1.29, 1.82) is 0 Å². The highest BCUT2D eigenvalue weighted by molar-refractivity contribution is 6.39. The summed E-state index contributed by atoms with van der Waals surface area (Å²) in [6.45, 7) is 6.12. The van der Waals surface area contributed by atoms with Crippen molar-refractivity contribution in [3.8, 4) is 0 Å². The summed E-state index contributed by atoms with van der Waals surface area (Å²) in [4.78, 5) is 29.5. The van der Waals surface area contributed by atoms with Crippen molar-refractivity contribution in [3.05, 3.63) is 58.1 Å². The number of carbonyl (C=O) groups excluding carboxylic acids is 2. The van der Waals surface area contributed by atoms with Crippen LogP contribution in [-0.2, 0) is 20.7 Å². The van der Waals surface area contributed by atoms with Crippen LogP contribution in [0.25, 0.3) is 0 Å². The van der Waals surface area contributed by atoms with E-state index in [9.17, 15) is 9.59 Å². The molecular formula is C24H29ClN4O3. The van der Waals surface area contributed by atoms with Crippen LogP contribution in [0, 0.1) is 6.92 Å². The third kappa shape index (κ3) is 5.06. The second-order valence-corrected chi connectivity index (χ2v) is 8.76. The van der Waals surface area contributed by atoms with Crippen molar-refractivity contribution in [1.82, 2.24) is 10.2 Å². The van der Waals surface area contributed by atoms with Gasteiger partial charge >= 0.3 is 11.8 Å². The highest BCUT2D eigenvalue weighted by Gasteiger charge is 2.26. The van der Waals surface area contributed by atoms with E-state index < -0.39 is 11.8 Å². The average molecular weight is 457 g/mol. The Morgan fingerprint density at radius 2 is 1.88 bits per heavy atom. The summed E-state index contributed by atoms with van der Waals surface area (Å²) in [5.41, 5.74) is 5.13. The Bertz CT molecular complexity index is 1010. The van der Waals surface area contributed by atoms with E-state index in [1.54, 1.807) is 18.2 Å². The predicted octanol–water partition coefficient (Wildman–Crippen LogP) is 2.77.